The van der Waals surface area contributed by atoms with Gasteiger partial charge in [-0.1, -0.05) is 53.7 Å². The van der Waals surface area contributed by atoms with Crippen LogP contribution in [0.15, 0.2) is 12.2 Å². The van der Waals surface area contributed by atoms with Gasteiger partial charge in [-0.3, -0.25) is 0 Å². The second kappa shape index (κ2) is 5.85. The summed E-state index contributed by atoms with van der Waals surface area (Å²) >= 11 is 0. The maximum atomic E-state index is 6.31. The lowest BCUT2D eigenvalue weighted by Crippen LogP contribution is -2.48. The fourth-order valence-corrected chi connectivity index (χ4v) is 8.24. The molecule has 0 saturated carbocycles. The van der Waals surface area contributed by atoms with E-state index >= 15 is 0 Å². The minimum atomic E-state index is -1.65. The van der Waals surface area contributed by atoms with Crippen LogP contribution in [-0.4, -0.2) is 14.9 Å². The van der Waals surface area contributed by atoms with Gasteiger partial charge in [0.25, 0.3) is 0 Å². The van der Waals surface area contributed by atoms with Crippen LogP contribution < -0.4 is 0 Å². The minimum Gasteiger partial charge on any atom is -0.412 e. The van der Waals surface area contributed by atoms with Crippen LogP contribution in [0.3, 0.4) is 0 Å². The van der Waals surface area contributed by atoms with Gasteiger partial charge >= 0.3 is 0 Å². The van der Waals surface area contributed by atoms with E-state index in [4.69, 9.17) is 4.43 Å². The molecule has 0 aliphatic heterocycles. The molecule has 0 aliphatic carbocycles. The second-order valence-electron chi connectivity index (χ2n) is 5.56. The summed E-state index contributed by atoms with van der Waals surface area (Å²) in [6.45, 7) is 20.6. The van der Waals surface area contributed by atoms with Crippen LogP contribution in [0.25, 0.3) is 0 Å². The summed E-state index contributed by atoms with van der Waals surface area (Å²) in [4.78, 5) is 0. The van der Waals surface area contributed by atoms with E-state index in [0.29, 0.717) is 16.6 Å². The van der Waals surface area contributed by atoms with E-state index in [1.165, 1.54) is 0 Å². The molecule has 2 heteroatoms. The van der Waals surface area contributed by atoms with Crippen molar-refractivity contribution in [3.8, 4) is 0 Å². The zero-order valence-corrected chi connectivity index (χ0v) is 12.6. The highest BCUT2D eigenvalue weighted by Gasteiger charge is 2.44. The van der Waals surface area contributed by atoms with Crippen molar-refractivity contribution in [3.63, 3.8) is 0 Å². The molecule has 1 nitrogen and oxygen atoms in total. The Morgan fingerprint density at radius 3 is 1.53 bits per heavy atom. The number of rotatable bonds is 6. The van der Waals surface area contributed by atoms with Crippen LogP contribution in [0.2, 0.25) is 16.6 Å². The SMILES string of the molecule is C=C(C)CO[Si](C(C)C)(C(C)C)C(C)C. The van der Waals surface area contributed by atoms with E-state index in [1.54, 1.807) is 0 Å². The Kier molecular flexibility index (Phi) is 5.82. The highest BCUT2D eigenvalue weighted by molar-refractivity contribution is 6.77. The van der Waals surface area contributed by atoms with E-state index in [2.05, 4.69) is 48.1 Å². The Hall–Kier alpha value is -0.0831. The smallest absolute Gasteiger partial charge is 0.200 e. The molecule has 0 spiro atoms. The molecule has 0 bridgehead atoms. The summed E-state index contributed by atoms with van der Waals surface area (Å²) in [5, 5.41) is 0. The summed E-state index contributed by atoms with van der Waals surface area (Å²) < 4.78 is 6.31. The topological polar surface area (TPSA) is 9.23 Å². The van der Waals surface area contributed by atoms with Crippen molar-refractivity contribution in [1.29, 1.82) is 0 Å². The average Bonchev–Trinajstić information content (AvgIpc) is 2.02. The Morgan fingerprint density at radius 2 is 1.33 bits per heavy atom. The molecule has 0 aromatic carbocycles. The molecule has 0 amide bonds. The molecular formula is C13H28OSi. The molecular weight excluding hydrogens is 200 g/mol. The molecule has 0 rings (SSSR count). The lowest BCUT2D eigenvalue weighted by Gasteiger charge is -2.42. The van der Waals surface area contributed by atoms with Gasteiger partial charge in [0.15, 0.2) is 0 Å². The third-order valence-corrected chi connectivity index (χ3v) is 9.33. The van der Waals surface area contributed by atoms with Gasteiger partial charge in [-0.2, -0.15) is 0 Å². The first-order valence-corrected chi connectivity index (χ1v) is 8.17. The summed E-state index contributed by atoms with van der Waals surface area (Å²) in [6.07, 6.45) is 0. The summed E-state index contributed by atoms with van der Waals surface area (Å²) in [5.74, 6) is 0. The van der Waals surface area contributed by atoms with Gasteiger partial charge in [0, 0.05) is 0 Å². The van der Waals surface area contributed by atoms with Crippen LogP contribution in [0.5, 0.6) is 0 Å². The van der Waals surface area contributed by atoms with Crippen molar-refractivity contribution in [3.05, 3.63) is 12.2 Å². The minimum absolute atomic E-state index is 0.664. The summed E-state index contributed by atoms with van der Waals surface area (Å²) in [5.41, 5.74) is 3.12. The van der Waals surface area contributed by atoms with E-state index in [1.807, 2.05) is 6.92 Å². The maximum absolute atomic E-state index is 6.31. The second-order valence-corrected chi connectivity index (χ2v) is 11.0. The van der Waals surface area contributed by atoms with E-state index in [9.17, 15) is 0 Å². The third kappa shape index (κ3) is 3.46. The van der Waals surface area contributed by atoms with Crippen LogP contribution in [0, 0.1) is 0 Å². The monoisotopic (exact) mass is 228 g/mol. The Morgan fingerprint density at radius 1 is 1.00 bits per heavy atom. The quantitative estimate of drug-likeness (QED) is 0.471. The van der Waals surface area contributed by atoms with Crippen molar-refractivity contribution in [2.45, 2.75) is 65.1 Å². The van der Waals surface area contributed by atoms with Crippen LogP contribution in [-0.2, 0) is 4.43 Å². The van der Waals surface area contributed by atoms with Crippen LogP contribution in [0.1, 0.15) is 48.5 Å². The van der Waals surface area contributed by atoms with Crippen molar-refractivity contribution >= 4 is 8.32 Å². The molecule has 90 valence electrons. The van der Waals surface area contributed by atoms with Gasteiger partial charge in [-0.15, -0.1) is 0 Å². The molecule has 0 fully saturated rings. The largest absolute Gasteiger partial charge is 0.412 e. The molecule has 0 radical (unpaired) electrons. The third-order valence-electron chi connectivity index (χ3n) is 3.28. The van der Waals surface area contributed by atoms with Gasteiger partial charge in [0.2, 0.25) is 8.32 Å². The molecule has 0 aromatic heterocycles. The van der Waals surface area contributed by atoms with Crippen molar-refractivity contribution in [2.75, 3.05) is 6.61 Å². The van der Waals surface area contributed by atoms with Gasteiger partial charge in [-0.05, 0) is 23.5 Å². The van der Waals surface area contributed by atoms with Crippen molar-refractivity contribution < 1.29 is 4.43 Å². The standard InChI is InChI=1S/C13H28OSi/c1-10(2)9-14-15(11(3)4,12(5)6)13(7)8/h11-13H,1,9H2,2-8H3. The molecule has 0 aromatic rings. The highest BCUT2D eigenvalue weighted by Crippen LogP contribution is 2.42. The molecule has 0 aliphatic rings. The lowest BCUT2D eigenvalue weighted by atomic mass is 10.4. The summed E-state index contributed by atoms with van der Waals surface area (Å²) in [6, 6.07) is 0. The predicted molar refractivity (Wildman–Crippen MR) is 71.8 cm³/mol. The number of hydrogen-bond donors (Lipinski definition) is 0. The average molecular weight is 228 g/mol. The van der Waals surface area contributed by atoms with E-state index in [-0.39, 0.29) is 0 Å². The molecule has 0 N–H and O–H groups in total. The van der Waals surface area contributed by atoms with Crippen LogP contribution in [0.4, 0.5) is 0 Å². The molecule has 0 heterocycles. The first-order valence-electron chi connectivity index (χ1n) is 6.03. The fraction of sp³-hybridized carbons (Fsp3) is 0.846. The highest BCUT2D eigenvalue weighted by atomic mass is 28.4. The molecule has 15 heavy (non-hydrogen) atoms. The van der Waals surface area contributed by atoms with Gasteiger partial charge in [-0.25, -0.2) is 0 Å². The van der Waals surface area contributed by atoms with Gasteiger partial charge in [0.05, 0.1) is 6.61 Å². The Balaban J connectivity index is 4.88. The zero-order valence-electron chi connectivity index (χ0n) is 11.6. The Labute approximate surface area is 97.0 Å². The predicted octanol–water partition coefficient (Wildman–Crippen LogP) is 4.75. The molecule has 0 unspecified atom stereocenters. The fourth-order valence-electron chi connectivity index (χ4n) is 2.75. The maximum Gasteiger partial charge on any atom is 0.200 e. The Bertz CT molecular complexity index is 185. The molecule has 0 saturated heterocycles. The normalized spacial score (nSPS) is 12.9. The first-order chi connectivity index (χ1) is 6.75. The summed E-state index contributed by atoms with van der Waals surface area (Å²) in [7, 11) is -1.65. The van der Waals surface area contributed by atoms with Gasteiger partial charge in [0.1, 0.15) is 0 Å². The van der Waals surface area contributed by atoms with Gasteiger partial charge < -0.3 is 4.43 Å². The van der Waals surface area contributed by atoms with Crippen molar-refractivity contribution in [1.82, 2.24) is 0 Å². The zero-order chi connectivity index (χ0) is 12.2. The van der Waals surface area contributed by atoms with E-state index in [0.717, 1.165) is 12.2 Å². The number of hydrogen-bond acceptors (Lipinski definition) is 1. The molecule has 0 atom stereocenters. The van der Waals surface area contributed by atoms with E-state index < -0.39 is 8.32 Å². The van der Waals surface area contributed by atoms with Crippen LogP contribution >= 0.6 is 0 Å². The lowest BCUT2D eigenvalue weighted by molar-refractivity contribution is 0.307. The first kappa shape index (κ1) is 14.9. The van der Waals surface area contributed by atoms with Crippen molar-refractivity contribution in [2.24, 2.45) is 0 Å².